The number of carbonyl (C=O) groups excluding carboxylic acids is 1. The molecule has 0 saturated heterocycles. The zero-order chi connectivity index (χ0) is 15.6. The number of ether oxygens (including phenoxy) is 1. The van der Waals surface area contributed by atoms with Gasteiger partial charge in [0.05, 0.1) is 0 Å². The van der Waals surface area contributed by atoms with E-state index >= 15 is 0 Å². The van der Waals surface area contributed by atoms with E-state index < -0.39 is 5.82 Å². The van der Waals surface area contributed by atoms with Crippen LogP contribution >= 0.6 is 0 Å². The second-order valence-electron chi connectivity index (χ2n) is 4.78. The second kappa shape index (κ2) is 5.80. The summed E-state index contributed by atoms with van der Waals surface area (Å²) in [6.07, 6.45) is 0. The molecule has 0 aliphatic carbocycles. The van der Waals surface area contributed by atoms with E-state index in [-0.39, 0.29) is 23.7 Å². The van der Waals surface area contributed by atoms with Crippen molar-refractivity contribution in [3.8, 4) is 11.8 Å². The Morgan fingerprint density at radius 3 is 2.71 bits per heavy atom. The van der Waals surface area contributed by atoms with Crippen molar-refractivity contribution in [3.05, 3.63) is 52.6 Å². The first-order valence-electron chi connectivity index (χ1n) is 6.43. The van der Waals surface area contributed by atoms with Crippen molar-refractivity contribution in [2.24, 2.45) is 7.05 Å². The Morgan fingerprint density at radius 1 is 1.43 bits per heavy atom. The summed E-state index contributed by atoms with van der Waals surface area (Å²) in [4.78, 5) is 12.2. The molecule has 0 spiro atoms. The number of hydrogen-bond donors (Lipinski definition) is 0. The molecule has 21 heavy (non-hydrogen) atoms. The first kappa shape index (κ1) is 14.8. The summed E-state index contributed by atoms with van der Waals surface area (Å²) in [7, 11) is 1.88. The quantitative estimate of drug-likeness (QED) is 0.812. The van der Waals surface area contributed by atoms with E-state index in [0.717, 1.165) is 11.4 Å². The van der Waals surface area contributed by atoms with Crippen molar-refractivity contribution >= 4 is 5.78 Å². The monoisotopic (exact) mass is 286 g/mol. The number of nitriles is 1. The van der Waals surface area contributed by atoms with E-state index in [1.807, 2.05) is 25.5 Å². The van der Waals surface area contributed by atoms with Gasteiger partial charge in [0.2, 0.25) is 5.78 Å². The highest BCUT2D eigenvalue weighted by Gasteiger charge is 2.16. The van der Waals surface area contributed by atoms with Crippen molar-refractivity contribution in [3.63, 3.8) is 0 Å². The van der Waals surface area contributed by atoms with Crippen molar-refractivity contribution in [1.29, 1.82) is 5.26 Å². The standard InChI is InChI=1S/C16H15FN2O2/c1-10-7-12(11(2)19(10)3)15(20)9-21-16-6-4-5-14(17)13(16)8-18/h4-7H,9H2,1-3H3. The molecule has 0 aliphatic rings. The van der Waals surface area contributed by atoms with E-state index in [2.05, 4.69) is 0 Å². The Morgan fingerprint density at radius 2 is 2.14 bits per heavy atom. The first-order valence-corrected chi connectivity index (χ1v) is 6.43. The predicted molar refractivity (Wildman–Crippen MR) is 75.8 cm³/mol. The van der Waals surface area contributed by atoms with E-state index in [4.69, 9.17) is 10.00 Å². The van der Waals surface area contributed by atoms with Gasteiger partial charge in [-0.25, -0.2) is 4.39 Å². The van der Waals surface area contributed by atoms with Gasteiger partial charge in [0, 0.05) is 24.0 Å². The fraction of sp³-hybridized carbons (Fsp3) is 0.250. The van der Waals surface area contributed by atoms with E-state index in [1.54, 1.807) is 12.1 Å². The SMILES string of the molecule is Cc1cc(C(=O)COc2cccc(F)c2C#N)c(C)n1C. The van der Waals surface area contributed by atoms with Crippen LogP contribution in [0.3, 0.4) is 0 Å². The highest BCUT2D eigenvalue weighted by molar-refractivity contribution is 5.98. The Balaban J connectivity index is 2.17. The molecular weight excluding hydrogens is 271 g/mol. The lowest BCUT2D eigenvalue weighted by molar-refractivity contribution is 0.0920. The Labute approximate surface area is 122 Å². The van der Waals surface area contributed by atoms with E-state index in [0.29, 0.717) is 5.56 Å². The number of nitrogens with zero attached hydrogens (tertiary/aromatic N) is 2. The van der Waals surface area contributed by atoms with Crippen molar-refractivity contribution < 1.29 is 13.9 Å². The lowest BCUT2D eigenvalue weighted by atomic mass is 10.1. The number of hydrogen-bond acceptors (Lipinski definition) is 3. The molecule has 0 amide bonds. The van der Waals surface area contributed by atoms with Crippen LogP contribution in [0.25, 0.3) is 0 Å². The van der Waals surface area contributed by atoms with Crippen LogP contribution in [0.5, 0.6) is 5.75 Å². The summed E-state index contributed by atoms with van der Waals surface area (Å²) in [5.74, 6) is -0.783. The number of ketones is 1. The molecule has 1 aromatic carbocycles. The molecule has 2 aromatic rings. The van der Waals surface area contributed by atoms with Crippen LogP contribution in [-0.2, 0) is 7.05 Å². The van der Waals surface area contributed by atoms with Crippen LogP contribution in [0.4, 0.5) is 4.39 Å². The van der Waals surface area contributed by atoms with E-state index in [1.165, 1.54) is 18.2 Å². The average molecular weight is 286 g/mol. The zero-order valence-electron chi connectivity index (χ0n) is 12.1. The smallest absolute Gasteiger partial charge is 0.202 e. The van der Waals surface area contributed by atoms with Crippen molar-refractivity contribution in [2.75, 3.05) is 6.61 Å². The molecule has 0 N–H and O–H groups in total. The van der Waals surface area contributed by atoms with Crippen LogP contribution in [0.1, 0.15) is 27.3 Å². The molecular formula is C16H15FN2O2. The molecule has 0 saturated carbocycles. The van der Waals surface area contributed by atoms with Gasteiger partial charge in [0.15, 0.2) is 6.61 Å². The maximum atomic E-state index is 13.4. The summed E-state index contributed by atoms with van der Waals surface area (Å²) < 4.78 is 20.6. The molecule has 0 atom stereocenters. The number of Topliss-reactive ketones (excluding diaryl/α,β-unsaturated/α-hetero) is 1. The lowest BCUT2D eigenvalue weighted by Gasteiger charge is -2.07. The molecule has 0 unspecified atom stereocenters. The lowest BCUT2D eigenvalue weighted by Crippen LogP contribution is -2.13. The summed E-state index contributed by atoms with van der Waals surface area (Å²) in [6.45, 7) is 3.52. The largest absolute Gasteiger partial charge is 0.484 e. The van der Waals surface area contributed by atoms with Gasteiger partial charge in [-0.1, -0.05) is 6.07 Å². The van der Waals surface area contributed by atoms with Crippen molar-refractivity contribution in [2.45, 2.75) is 13.8 Å². The van der Waals surface area contributed by atoms with Crippen LogP contribution in [0.2, 0.25) is 0 Å². The predicted octanol–water partition coefficient (Wildman–Crippen LogP) is 2.91. The van der Waals surface area contributed by atoms with Gasteiger partial charge in [-0.05, 0) is 32.0 Å². The Hall–Kier alpha value is -2.61. The van der Waals surface area contributed by atoms with Gasteiger partial charge in [0.1, 0.15) is 23.2 Å². The molecule has 0 aliphatic heterocycles. The van der Waals surface area contributed by atoms with Gasteiger partial charge in [0.25, 0.3) is 0 Å². The normalized spacial score (nSPS) is 10.2. The summed E-state index contributed by atoms with van der Waals surface area (Å²) in [5, 5.41) is 8.91. The van der Waals surface area contributed by atoms with Gasteiger partial charge in [-0.3, -0.25) is 4.79 Å². The minimum absolute atomic E-state index is 0.0798. The number of benzene rings is 1. The maximum absolute atomic E-state index is 13.4. The third kappa shape index (κ3) is 2.79. The fourth-order valence-corrected chi connectivity index (χ4v) is 2.09. The molecule has 108 valence electrons. The minimum Gasteiger partial charge on any atom is -0.484 e. The Kier molecular flexibility index (Phi) is 4.08. The van der Waals surface area contributed by atoms with Crippen LogP contribution in [0, 0.1) is 31.0 Å². The van der Waals surface area contributed by atoms with Crippen LogP contribution in [0.15, 0.2) is 24.3 Å². The molecule has 1 heterocycles. The minimum atomic E-state index is -0.658. The molecule has 0 radical (unpaired) electrons. The summed E-state index contributed by atoms with van der Waals surface area (Å²) in [6, 6.07) is 7.61. The third-order valence-electron chi connectivity index (χ3n) is 3.52. The average Bonchev–Trinajstić information content (AvgIpc) is 2.72. The van der Waals surface area contributed by atoms with Gasteiger partial charge >= 0.3 is 0 Å². The van der Waals surface area contributed by atoms with Crippen LogP contribution < -0.4 is 4.74 Å². The highest BCUT2D eigenvalue weighted by Crippen LogP contribution is 2.21. The zero-order valence-corrected chi connectivity index (χ0v) is 12.1. The van der Waals surface area contributed by atoms with Crippen LogP contribution in [-0.4, -0.2) is 17.0 Å². The third-order valence-corrected chi connectivity index (χ3v) is 3.52. The number of halogens is 1. The van der Waals surface area contributed by atoms with Crippen molar-refractivity contribution in [1.82, 2.24) is 4.57 Å². The maximum Gasteiger partial charge on any atom is 0.202 e. The van der Waals surface area contributed by atoms with Gasteiger partial charge in [-0.2, -0.15) is 5.26 Å². The number of carbonyl (C=O) groups is 1. The summed E-state index contributed by atoms with van der Waals surface area (Å²) >= 11 is 0. The molecule has 2 rings (SSSR count). The molecule has 1 aromatic heterocycles. The molecule has 5 heteroatoms. The topological polar surface area (TPSA) is 55.0 Å². The second-order valence-corrected chi connectivity index (χ2v) is 4.78. The Bertz CT molecular complexity index is 741. The first-order chi connectivity index (χ1) is 9.95. The number of rotatable bonds is 4. The van der Waals surface area contributed by atoms with Gasteiger partial charge in [-0.15, -0.1) is 0 Å². The molecule has 0 fully saturated rings. The molecule has 4 nitrogen and oxygen atoms in total. The number of aromatic nitrogens is 1. The highest BCUT2D eigenvalue weighted by atomic mass is 19.1. The van der Waals surface area contributed by atoms with E-state index in [9.17, 15) is 9.18 Å². The van der Waals surface area contributed by atoms with Gasteiger partial charge < -0.3 is 9.30 Å². The molecule has 0 bridgehead atoms. The summed E-state index contributed by atoms with van der Waals surface area (Å²) in [5.41, 5.74) is 2.20. The fourth-order valence-electron chi connectivity index (χ4n) is 2.09. The number of aryl methyl sites for hydroxylation is 1.